The van der Waals surface area contributed by atoms with E-state index in [9.17, 15) is 4.79 Å². The number of ether oxygens (including phenoxy) is 2. The number of carbonyl (C=O) groups is 1. The van der Waals surface area contributed by atoms with Crippen LogP contribution in [-0.4, -0.2) is 44.7 Å². The molecule has 1 aliphatic heterocycles. The van der Waals surface area contributed by atoms with Gasteiger partial charge in [-0.15, -0.1) is 0 Å². The van der Waals surface area contributed by atoms with E-state index in [2.05, 4.69) is 16.3 Å². The second-order valence-corrected chi connectivity index (χ2v) is 6.57. The van der Waals surface area contributed by atoms with Gasteiger partial charge in [-0.1, -0.05) is 42.5 Å². The van der Waals surface area contributed by atoms with Crippen molar-refractivity contribution in [1.82, 2.24) is 10.2 Å². The molecule has 2 aromatic rings. The van der Waals surface area contributed by atoms with E-state index in [1.807, 2.05) is 42.5 Å². The minimum Gasteiger partial charge on any atom is -0.493 e. The van der Waals surface area contributed by atoms with Crippen LogP contribution in [0.3, 0.4) is 0 Å². The van der Waals surface area contributed by atoms with Crippen LogP contribution in [0.25, 0.3) is 0 Å². The number of rotatable bonds is 7. The third kappa shape index (κ3) is 4.35. The topological polar surface area (TPSA) is 50.8 Å². The van der Waals surface area contributed by atoms with Crippen molar-refractivity contribution in [3.8, 4) is 11.5 Å². The van der Waals surface area contributed by atoms with E-state index < -0.39 is 0 Å². The minimum absolute atomic E-state index is 0.0621. The highest BCUT2D eigenvalue weighted by Gasteiger charge is 2.28. The van der Waals surface area contributed by atoms with Gasteiger partial charge in [0, 0.05) is 24.6 Å². The Morgan fingerprint density at radius 2 is 1.92 bits per heavy atom. The number of para-hydroxylation sites is 1. The van der Waals surface area contributed by atoms with Crippen LogP contribution < -0.4 is 14.8 Å². The normalized spacial score (nSPS) is 17.1. The van der Waals surface area contributed by atoms with Crippen molar-refractivity contribution in [2.24, 2.45) is 0 Å². The van der Waals surface area contributed by atoms with Crippen LogP contribution >= 0.6 is 0 Å². The molecule has 0 aromatic heterocycles. The van der Waals surface area contributed by atoms with Gasteiger partial charge in [-0.3, -0.25) is 9.69 Å². The summed E-state index contributed by atoms with van der Waals surface area (Å²) in [6.07, 6.45) is 1.01. The van der Waals surface area contributed by atoms with Gasteiger partial charge in [0.25, 0.3) is 0 Å². The summed E-state index contributed by atoms with van der Waals surface area (Å²) in [5, 5.41) is 3.00. The van der Waals surface area contributed by atoms with Gasteiger partial charge in [-0.05, 0) is 24.6 Å². The Hall–Kier alpha value is -2.53. The summed E-state index contributed by atoms with van der Waals surface area (Å²) in [6.45, 7) is 2.75. The van der Waals surface area contributed by atoms with Gasteiger partial charge in [-0.25, -0.2) is 0 Å². The van der Waals surface area contributed by atoms with E-state index in [1.165, 1.54) is 0 Å². The van der Waals surface area contributed by atoms with E-state index in [-0.39, 0.29) is 5.91 Å². The molecule has 1 saturated heterocycles. The van der Waals surface area contributed by atoms with Crippen molar-refractivity contribution < 1.29 is 14.3 Å². The Balaban J connectivity index is 1.55. The quantitative estimate of drug-likeness (QED) is 0.831. The molecule has 1 unspecified atom stereocenters. The Morgan fingerprint density at radius 3 is 2.65 bits per heavy atom. The molecule has 1 heterocycles. The number of nitrogens with one attached hydrogen (secondary N) is 1. The largest absolute Gasteiger partial charge is 0.493 e. The van der Waals surface area contributed by atoms with Gasteiger partial charge in [0.2, 0.25) is 5.91 Å². The summed E-state index contributed by atoms with van der Waals surface area (Å²) < 4.78 is 11.0. The number of benzene rings is 2. The molecule has 0 spiro atoms. The van der Waals surface area contributed by atoms with Gasteiger partial charge in [0.15, 0.2) is 11.5 Å². The number of likely N-dealkylation sites (tertiary alicyclic amines) is 1. The predicted octanol–water partition coefficient (Wildman–Crippen LogP) is 2.81. The Morgan fingerprint density at radius 1 is 1.12 bits per heavy atom. The summed E-state index contributed by atoms with van der Waals surface area (Å²) in [5.41, 5.74) is 2.26. The van der Waals surface area contributed by atoms with E-state index in [1.54, 1.807) is 14.2 Å². The number of methoxy groups -OCH3 is 2. The molecule has 138 valence electrons. The Labute approximate surface area is 154 Å². The van der Waals surface area contributed by atoms with Crippen LogP contribution in [0.1, 0.15) is 23.5 Å². The lowest BCUT2D eigenvalue weighted by atomic mass is 9.97. The zero-order valence-corrected chi connectivity index (χ0v) is 15.4. The maximum absolute atomic E-state index is 12.2. The number of amides is 1. The van der Waals surface area contributed by atoms with Gasteiger partial charge in [-0.2, -0.15) is 0 Å². The third-order valence-electron chi connectivity index (χ3n) is 4.85. The van der Waals surface area contributed by atoms with Crippen LogP contribution in [-0.2, 0) is 11.3 Å². The van der Waals surface area contributed by atoms with E-state index in [4.69, 9.17) is 9.47 Å². The van der Waals surface area contributed by atoms with Crippen molar-refractivity contribution in [2.75, 3.05) is 33.9 Å². The molecule has 1 atom stereocenters. The Bertz CT molecular complexity index is 733. The van der Waals surface area contributed by atoms with Crippen molar-refractivity contribution >= 4 is 5.91 Å². The molecule has 1 fully saturated rings. The van der Waals surface area contributed by atoms with Gasteiger partial charge < -0.3 is 14.8 Å². The van der Waals surface area contributed by atoms with Crippen molar-refractivity contribution in [2.45, 2.75) is 18.9 Å². The standard InChI is InChI=1S/C21H26N2O3/c1-25-19-10-6-9-18(21(19)26-2)17-11-12-23(14-17)15-20(24)22-13-16-7-4-3-5-8-16/h3-10,17H,11-15H2,1-2H3,(H,22,24). The highest BCUT2D eigenvalue weighted by atomic mass is 16.5. The molecule has 1 aliphatic rings. The molecule has 3 rings (SSSR count). The molecule has 0 bridgehead atoms. The monoisotopic (exact) mass is 354 g/mol. The van der Waals surface area contributed by atoms with Crippen LogP contribution in [0.4, 0.5) is 0 Å². The number of nitrogens with zero attached hydrogens (tertiary/aromatic N) is 1. The highest BCUT2D eigenvalue weighted by molar-refractivity contribution is 5.78. The first kappa shape index (κ1) is 18.3. The summed E-state index contributed by atoms with van der Waals surface area (Å²) in [5.74, 6) is 1.97. The van der Waals surface area contributed by atoms with Crippen molar-refractivity contribution in [3.05, 3.63) is 59.7 Å². The van der Waals surface area contributed by atoms with Crippen LogP contribution in [0.2, 0.25) is 0 Å². The zero-order valence-electron chi connectivity index (χ0n) is 15.4. The average Bonchev–Trinajstić information content (AvgIpc) is 3.14. The van der Waals surface area contributed by atoms with E-state index in [0.717, 1.165) is 42.1 Å². The highest BCUT2D eigenvalue weighted by Crippen LogP contribution is 2.39. The molecule has 1 N–H and O–H groups in total. The second-order valence-electron chi connectivity index (χ2n) is 6.57. The number of carbonyl (C=O) groups excluding carboxylic acids is 1. The lowest BCUT2D eigenvalue weighted by Crippen LogP contribution is -2.35. The third-order valence-corrected chi connectivity index (χ3v) is 4.85. The van der Waals surface area contributed by atoms with Gasteiger partial charge >= 0.3 is 0 Å². The fourth-order valence-electron chi connectivity index (χ4n) is 3.52. The number of hydrogen-bond donors (Lipinski definition) is 1. The summed E-state index contributed by atoms with van der Waals surface area (Å²) in [6, 6.07) is 16.0. The molecule has 26 heavy (non-hydrogen) atoms. The molecule has 0 radical (unpaired) electrons. The molecular weight excluding hydrogens is 328 g/mol. The lowest BCUT2D eigenvalue weighted by molar-refractivity contribution is -0.122. The molecule has 5 nitrogen and oxygen atoms in total. The SMILES string of the molecule is COc1cccc(C2CCN(CC(=O)NCc3ccccc3)C2)c1OC. The fraction of sp³-hybridized carbons (Fsp3) is 0.381. The summed E-state index contributed by atoms with van der Waals surface area (Å²) in [7, 11) is 3.32. The minimum atomic E-state index is 0.0621. The molecule has 0 saturated carbocycles. The molecule has 1 amide bonds. The first-order valence-corrected chi connectivity index (χ1v) is 8.95. The zero-order chi connectivity index (χ0) is 18.4. The molecule has 5 heteroatoms. The van der Waals surface area contributed by atoms with Crippen LogP contribution in [0, 0.1) is 0 Å². The maximum Gasteiger partial charge on any atom is 0.234 e. The van der Waals surface area contributed by atoms with Crippen LogP contribution in [0.15, 0.2) is 48.5 Å². The summed E-state index contributed by atoms with van der Waals surface area (Å²) >= 11 is 0. The van der Waals surface area contributed by atoms with Gasteiger partial charge in [0.05, 0.1) is 20.8 Å². The van der Waals surface area contributed by atoms with Crippen LogP contribution in [0.5, 0.6) is 11.5 Å². The first-order valence-electron chi connectivity index (χ1n) is 8.95. The average molecular weight is 354 g/mol. The Kier molecular flexibility index (Phi) is 6.12. The van der Waals surface area contributed by atoms with Crippen molar-refractivity contribution in [1.29, 1.82) is 0 Å². The number of hydrogen-bond acceptors (Lipinski definition) is 4. The van der Waals surface area contributed by atoms with E-state index >= 15 is 0 Å². The molecule has 0 aliphatic carbocycles. The fourth-order valence-corrected chi connectivity index (χ4v) is 3.52. The lowest BCUT2D eigenvalue weighted by Gasteiger charge is -2.18. The van der Waals surface area contributed by atoms with Gasteiger partial charge in [0.1, 0.15) is 0 Å². The smallest absolute Gasteiger partial charge is 0.234 e. The summed E-state index contributed by atoms with van der Waals surface area (Å²) in [4.78, 5) is 14.4. The second kappa shape index (κ2) is 8.72. The first-order chi connectivity index (χ1) is 12.7. The predicted molar refractivity (Wildman–Crippen MR) is 102 cm³/mol. The molecular formula is C21H26N2O3. The van der Waals surface area contributed by atoms with E-state index in [0.29, 0.717) is 19.0 Å². The van der Waals surface area contributed by atoms with Crippen molar-refractivity contribution in [3.63, 3.8) is 0 Å². The maximum atomic E-state index is 12.2. The molecule has 2 aromatic carbocycles.